The van der Waals surface area contributed by atoms with Gasteiger partial charge in [0.25, 0.3) is 0 Å². The van der Waals surface area contributed by atoms with Gasteiger partial charge in [-0.05, 0) is 25.7 Å². The lowest BCUT2D eigenvalue weighted by Gasteiger charge is -2.21. The van der Waals surface area contributed by atoms with Gasteiger partial charge >= 0.3 is 39.5 Å². The van der Waals surface area contributed by atoms with Crippen LogP contribution in [0.15, 0.2) is 0 Å². The summed E-state index contributed by atoms with van der Waals surface area (Å²) in [6.45, 7) is 5.07. The first kappa shape index (κ1) is 108. The maximum Gasteiger partial charge on any atom is 0.472 e. The minimum atomic E-state index is -4.97. The number of hydrogen-bond acceptors (Lipinski definition) is 15. The lowest BCUT2D eigenvalue weighted by Crippen LogP contribution is -2.30. The molecule has 0 aliphatic heterocycles. The van der Waals surface area contributed by atoms with Gasteiger partial charge in [-0.3, -0.25) is 37.3 Å². The van der Waals surface area contributed by atoms with Crippen LogP contribution in [0.25, 0.3) is 0 Å². The summed E-state index contributed by atoms with van der Waals surface area (Å²) in [5.41, 5.74) is 0. The molecule has 654 valence electrons. The highest BCUT2D eigenvalue weighted by Gasteiger charge is 2.31. The van der Waals surface area contributed by atoms with Gasteiger partial charge in [0.05, 0.1) is 26.4 Å². The van der Waals surface area contributed by atoms with Crippen LogP contribution in [-0.4, -0.2) is 96.7 Å². The van der Waals surface area contributed by atoms with Crippen LogP contribution >= 0.6 is 15.6 Å². The van der Waals surface area contributed by atoms with Crippen LogP contribution < -0.4 is 0 Å². The predicted octanol–water partition coefficient (Wildman–Crippen LogP) is 28.5. The van der Waals surface area contributed by atoms with Crippen LogP contribution in [0, 0.1) is 0 Å². The van der Waals surface area contributed by atoms with Gasteiger partial charge in [-0.25, -0.2) is 9.13 Å². The number of aliphatic hydroxyl groups is 1. The van der Waals surface area contributed by atoms with Crippen molar-refractivity contribution in [3.8, 4) is 0 Å². The van der Waals surface area contributed by atoms with E-state index in [1.165, 1.54) is 334 Å². The van der Waals surface area contributed by atoms with E-state index in [4.69, 9.17) is 37.0 Å². The average molecular weight is 1610 g/mol. The highest BCUT2D eigenvalue weighted by molar-refractivity contribution is 7.47. The quantitative estimate of drug-likeness (QED) is 0.0222. The van der Waals surface area contributed by atoms with Gasteiger partial charge in [-0.15, -0.1) is 0 Å². The number of carbonyl (C=O) groups excluding carboxylic acids is 4. The molecular weight excluding hydrogens is 1430 g/mol. The molecule has 0 spiro atoms. The number of phosphoric acid groups is 2. The molecule has 17 nitrogen and oxygen atoms in total. The Bertz CT molecular complexity index is 2070. The largest absolute Gasteiger partial charge is 0.472 e. The average Bonchev–Trinajstić information content (AvgIpc) is 0.900. The maximum absolute atomic E-state index is 13.2. The Hall–Kier alpha value is -1.94. The fourth-order valence-electron chi connectivity index (χ4n) is 14.4. The van der Waals surface area contributed by atoms with E-state index in [2.05, 4.69) is 27.7 Å². The lowest BCUT2D eigenvalue weighted by atomic mass is 10.0. The van der Waals surface area contributed by atoms with Gasteiger partial charge in [-0.2, -0.15) is 0 Å². The highest BCUT2D eigenvalue weighted by atomic mass is 31.2. The lowest BCUT2D eigenvalue weighted by molar-refractivity contribution is -0.161. The predicted molar refractivity (Wildman–Crippen MR) is 455 cm³/mol. The summed E-state index contributed by atoms with van der Waals surface area (Å²) in [5, 5.41) is 10.7. The number of ether oxygens (including phenoxy) is 4. The van der Waals surface area contributed by atoms with E-state index in [0.717, 1.165) is 89.9 Å². The summed E-state index contributed by atoms with van der Waals surface area (Å²) in [6, 6.07) is 0. The summed E-state index contributed by atoms with van der Waals surface area (Å²) < 4.78 is 69.0. The van der Waals surface area contributed by atoms with Crippen molar-refractivity contribution in [1.82, 2.24) is 0 Å². The Kier molecular flexibility index (Phi) is 83.5. The van der Waals surface area contributed by atoms with Crippen molar-refractivity contribution in [1.29, 1.82) is 0 Å². The molecule has 0 bridgehead atoms. The second-order valence-electron chi connectivity index (χ2n) is 32.7. The molecule has 0 fully saturated rings. The molecule has 19 heteroatoms. The van der Waals surface area contributed by atoms with Gasteiger partial charge in [0, 0.05) is 25.7 Å². The minimum Gasteiger partial charge on any atom is -0.462 e. The van der Waals surface area contributed by atoms with Crippen LogP contribution in [0.3, 0.4) is 0 Å². The fourth-order valence-corrected chi connectivity index (χ4v) is 16.0. The molecule has 5 atom stereocenters. The van der Waals surface area contributed by atoms with E-state index in [1.807, 2.05) is 0 Å². The molecule has 0 saturated heterocycles. The third-order valence-corrected chi connectivity index (χ3v) is 23.5. The summed E-state index contributed by atoms with van der Waals surface area (Å²) in [5.74, 6) is -2.09. The van der Waals surface area contributed by atoms with Gasteiger partial charge in [0.1, 0.15) is 19.3 Å². The molecule has 0 aromatic heterocycles. The van der Waals surface area contributed by atoms with Crippen LogP contribution in [0.1, 0.15) is 503 Å². The van der Waals surface area contributed by atoms with E-state index in [0.29, 0.717) is 25.7 Å². The summed E-state index contributed by atoms with van der Waals surface area (Å²) in [4.78, 5) is 73.3. The second-order valence-corrected chi connectivity index (χ2v) is 35.6. The number of hydrogen-bond donors (Lipinski definition) is 3. The van der Waals surface area contributed by atoms with Crippen molar-refractivity contribution in [3.63, 3.8) is 0 Å². The Morgan fingerprint density at radius 1 is 0.218 bits per heavy atom. The first-order valence-corrected chi connectivity index (χ1v) is 50.3. The molecular formula is C91H178O17P2. The van der Waals surface area contributed by atoms with Crippen LogP contribution in [0.5, 0.6) is 0 Å². The van der Waals surface area contributed by atoms with E-state index in [9.17, 15) is 43.2 Å². The molecule has 0 rings (SSSR count). The molecule has 0 aromatic rings. The summed E-state index contributed by atoms with van der Waals surface area (Å²) in [7, 11) is -9.93. The highest BCUT2D eigenvalue weighted by Crippen LogP contribution is 2.45. The van der Waals surface area contributed by atoms with Crippen molar-refractivity contribution in [2.24, 2.45) is 0 Å². The Balaban J connectivity index is 5.18. The van der Waals surface area contributed by atoms with Gasteiger partial charge < -0.3 is 33.8 Å². The number of carbonyl (C=O) groups is 4. The first-order valence-electron chi connectivity index (χ1n) is 47.3. The third-order valence-electron chi connectivity index (χ3n) is 21.6. The van der Waals surface area contributed by atoms with Crippen LogP contribution in [-0.2, 0) is 65.4 Å². The van der Waals surface area contributed by atoms with Gasteiger partial charge in [0.2, 0.25) is 0 Å². The molecule has 0 aromatic carbocycles. The Morgan fingerprint density at radius 3 is 0.536 bits per heavy atom. The fraction of sp³-hybridized carbons (Fsp3) is 0.956. The number of rotatable bonds is 92. The van der Waals surface area contributed by atoms with Crippen molar-refractivity contribution >= 4 is 39.5 Å². The third kappa shape index (κ3) is 84.0. The molecule has 0 heterocycles. The molecule has 0 aliphatic rings. The van der Waals surface area contributed by atoms with Crippen molar-refractivity contribution in [3.05, 3.63) is 0 Å². The Morgan fingerprint density at radius 2 is 0.364 bits per heavy atom. The van der Waals surface area contributed by atoms with Crippen molar-refractivity contribution in [2.75, 3.05) is 39.6 Å². The van der Waals surface area contributed by atoms with Crippen molar-refractivity contribution < 1.29 is 80.2 Å². The number of aliphatic hydroxyl groups excluding tert-OH is 1. The number of unbranched alkanes of at least 4 members (excludes halogenated alkanes) is 66. The first-order chi connectivity index (χ1) is 53.7. The normalized spacial score (nSPS) is 13.6. The molecule has 2 unspecified atom stereocenters. The van der Waals surface area contributed by atoms with E-state index in [-0.39, 0.29) is 25.7 Å². The van der Waals surface area contributed by atoms with E-state index >= 15 is 0 Å². The van der Waals surface area contributed by atoms with Crippen molar-refractivity contribution in [2.45, 2.75) is 521 Å². The van der Waals surface area contributed by atoms with E-state index in [1.54, 1.807) is 0 Å². The van der Waals surface area contributed by atoms with Gasteiger partial charge in [-0.1, -0.05) is 451 Å². The maximum atomic E-state index is 13.2. The zero-order valence-electron chi connectivity index (χ0n) is 72.3. The molecule has 0 saturated carbocycles. The monoisotopic (exact) mass is 1610 g/mol. The standard InChI is InChI=1S/C91H178O17P2/c1-5-9-13-17-21-25-28-31-34-37-40-42-44-46-49-52-55-58-62-66-70-74-78-91(96)108-87(82-102-89(94)76-72-68-64-60-56-53-50-48-45-43-41-38-35-32-29-26-22-18-14-10-6-2)84-106-110(99,100)104-80-85(92)79-103-109(97,98)105-83-86(81-101-88(93)75-71-67-63-59-24-20-16-12-8-4)107-90(95)77-73-69-65-61-57-54-51-47-39-36-33-30-27-23-19-15-11-7-3/h85-87,92H,5-84H2,1-4H3,(H,97,98)(H,99,100)/t85-,86+,87+/m0/s1. The van der Waals surface area contributed by atoms with Gasteiger partial charge in [0.15, 0.2) is 12.2 Å². The second kappa shape index (κ2) is 85.0. The molecule has 3 N–H and O–H groups in total. The topological polar surface area (TPSA) is 237 Å². The summed E-state index contributed by atoms with van der Waals surface area (Å²) in [6.07, 6.45) is 82.2. The zero-order chi connectivity index (χ0) is 80.3. The van der Waals surface area contributed by atoms with Crippen LogP contribution in [0.2, 0.25) is 0 Å². The smallest absolute Gasteiger partial charge is 0.462 e. The van der Waals surface area contributed by atoms with Crippen LogP contribution in [0.4, 0.5) is 0 Å². The number of phosphoric ester groups is 2. The van der Waals surface area contributed by atoms with E-state index < -0.39 is 97.5 Å². The minimum absolute atomic E-state index is 0.109. The summed E-state index contributed by atoms with van der Waals surface area (Å²) >= 11 is 0. The Labute approximate surface area is 677 Å². The molecule has 0 radical (unpaired) electrons. The molecule has 110 heavy (non-hydrogen) atoms. The zero-order valence-corrected chi connectivity index (χ0v) is 74.0. The molecule has 0 aliphatic carbocycles. The number of esters is 4. The molecule has 0 amide bonds. The SMILES string of the molecule is CCCCCCCCCCCCCCCCCCCCCCCCC(=O)O[C@H](COC(=O)CCCCCCCCCCCCCCCCCCCCCCC)COP(=O)(O)OC[C@@H](O)COP(=O)(O)OC[C@@H](COC(=O)CCCCCCCCCCC)OC(=O)CCCCCCCCCCCCCCCCCCCC.